The summed E-state index contributed by atoms with van der Waals surface area (Å²) >= 11 is 0. The molecule has 0 spiro atoms. The van der Waals surface area contributed by atoms with Crippen molar-refractivity contribution in [2.24, 2.45) is 0 Å². The average molecular weight is 422 g/mol. The van der Waals surface area contributed by atoms with Gasteiger partial charge in [0.1, 0.15) is 17.4 Å². The lowest BCUT2D eigenvalue weighted by Gasteiger charge is -2.09. The molecule has 0 aromatic heterocycles. The van der Waals surface area contributed by atoms with Gasteiger partial charge in [-0.1, -0.05) is 48.5 Å². The summed E-state index contributed by atoms with van der Waals surface area (Å²) in [4.78, 5) is 0. The summed E-state index contributed by atoms with van der Waals surface area (Å²) in [6.07, 6.45) is -1.95. The van der Waals surface area contributed by atoms with Crippen LogP contribution in [0.3, 0.4) is 0 Å². The molecular weight excluding hydrogens is 404 g/mol. The first-order chi connectivity index (χ1) is 15.0. The molecule has 0 aliphatic carbocycles. The van der Waals surface area contributed by atoms with Crippen LogP contribution in [0, 0.1) is 11.6 Å². The van der Waals surface area contributed by atoms with Gasteiger partial charge < -0.3 is 4.74 Å². The molecule has 156 valence electrons. The van der Waals surface area contributed by atoms with Gasteiger partial charge in [-0.3, -0.25) is 0 Å². The number of rotatable bonds is 5. The fourth-order valence-corrected chi connectivity index (χ4v) is 3.53. The van der Waals surface area contributed by atoms with Crippen LogP contribution in [0.25, 0.3) is 39.1 Å². The van der Waals surface area contributed by atoms with Crippen molar-refractivity contribution >= 4 is 16.8 Å². The molecule has 4 aromatic carbocycles. The van der Waals surface area contributed by atoms with Gasteiger partial charge in [0.15, 0.2) is 0 Å². The van der Waals surface area contributed by atoms with E-state index in [4.69, 9.17) is 4.74 Å². The van der Waals surface area contributed by atoms with Crippen molar-refractivity contribution in [3.05, 3.63) is 96.1 Å². The predicted octanol–water partition coefficient (Wildman–Crippen LogP) is 8.09. The minimum absolute atomic E-state index is 0.0867. The van der Waals surface area contributed by atoms with Crippen molar-refractivity contribution in [2.75, 3.05) is 6.61 Å². The molecule has 0 saturated carbocycles. The molecular formula is C26H18F4O. The Morgan fingerprint density at radius 1 is 0.774 bits per heavy atom. The van der Waals surface area contributed by atoms with E-state index >= 15 is 0 Å². The Morgan fingerprint density at radius 3 is 1.90 bits per heavy atom. The molecule has 4 rings (SSSR count). The molecule has 4 aromatic rings. The lowest BCUT2D eigenvalue weighted by atomic mass is 9.97. The molecule has 0 fully saturated rings. The van der Waals surface area contributed by atoms with Gasteiger partial charge in [0, 0.05) is 11.5 Å². The largest absolute Gasteiger partial charge is 0.494 e. The molecule has 0 aliphatic heterocycles. The van der Waals surface area contributed by atoms with Crippen LogP contribution in [0.15, 0.2) is 78.9 Å². The van der Waals surface area contributed by atoms with Crippen LogP contribution in [-0.4, -0.2) is 6.61 Å². The van der Waals surface area contributed by atoms with Crippen molar-refractivity contribution < 1.29 is 22.3 Å². The highest BCUT2D eigenvalue weighted by atomic mass is 19.3. The third-order valence-electron chi connectivity index (χ3n) is 5.03. The molecule has 0 aliphatic rings. The zero-order valence-corrected chi connectivity index (χ0v) is 16.6. The Hall–Kier alpha value is -3.60. The molecule has 0 heterocycles. The van der Waals surface area contributed by atoms with Gasteiger partial charge in [0.25, 0.3) is 6.08 Å². The Bertz CT molecular complexity index is 1260. The summed E-state index contributed by atoms with van der Waals surface area (Å²) < 4.78 is 59.1. The fraction of sp³-hybridized carbons (Fsp3) is 0.0769. The van der Waals surface area contributed by atoms with Crippen LogP contribution in [-0.2, 0) is 0 Å². The molecule has 31 heavy (non-hydrogen) atoms. The second kappa shape index (κ2) is 8.64. The van der Waals surface area contributed by atoms with E-state index < -0.39 is 23.3 Å². The minimum atomic E-state index is -2.15. The predicted molar refractivity (Wildman–Crippen MR) is 116 cm³/mol. The van der Waals surface area contributed by atoms with Crippen LogP contribution in [0.2, 0.25) is 0 Å². The van der Waals surface area contributed by atoms with E-state index in [1.165, 1.54) is 6.07 Å². The normalized spacial score (nSPS) is 10.9. The standard InChI is InChI=1S/C26H18F4O/c1-2-31-21-10-7-17(8-11-21)16-3-5-18(6-4-16)19-9-12-22-20(13-19)14-24(27)23(26(22)30)15-25(28)29/h3-15H,2H2,1H3. The molecule has 5 heteroatoms. The number of hydrogen-bond donors (Lipinski definition) is 0. The number of halogens is 4. The Balaban J connectivity index is 1.66. The third kappa shape index (κ3) is 4.31. The second-order valence-corrected chi connectivity index (χ2v) is 6.99. The summed E-state index contributed by atoms with van der Waals surface area (Å²) in [5.74, 6) is -1.22. The topological polar surface area (TPSA) is 9.23 Å². The van der Waals surface area contributed by atoms with E-state index in [0.29, 0.717) is 12.0 Å². The van der Waals surface area contributed by atoms with Crippen molar-refractivity contribution in [3.8, 4) is 28.0 Å². The minimum Gasteiger partial charge on any atom is -0.494 e. The van der Waals surface area contributed by atoms with Gasteiger partial charge in [-0.15, -0.1) is 0 Å². The Morgan fingerprint density at radius 2 is 1.32 bits per heavy atom. The van der Waals surface area contributed by atoms with Gasteiger partial charge in [-0.05, 0) is 58.8 Å². The second-order valence-electron chi connectivity index (χ2n) is 6.99. The number of hydrogen-bond acceptors (Lipinski definition) is 1. The first-order valence-electron chi connectivity index (χ1n) is 9.74. The highest BCUT2D eigenvalue weighted by Gasteiger charge is 2.14. The molecule has 1 nitrogen and oxygen atoms in total. The lowest BCUT2D eigenvalue weighted by Crippen LogP contribution is -1.92. The number of benzene rings is 4. The van der Waals surface area contributed by atoms with Crippen molar-refractivity contribution in [3.63, 3.8) is 0 Å². The summed E-state index contributed by atoms with van der Waals surface area (Å²) in [5.41, 5.74) is 2.97. The van der Waals surface area contributed by atoms with Crippen LogP contribution in [0.5, 0.6) is 5.75 Å². The molecule has 0 bridgehead atoms. The van der Waals surface area contributed by atoms with Crippen molar-refractivity contribution in [2.45, 2.75) is 6.92 Å². The van der Waals surface area contributed by atoms with E-state index in [-0.39, 0.29) is 11.5 Å². The van der Waals surface area contributed by atoms with Crippen LogP contribution in [0.4, 0.5) is 17.6 Å². The van der Waals surface area contributed by atoms with Crippen LogP contribution < -0.4 is 4.74 Å². The van der Waals surface area contributed by atoms with Crippen molar-refractivity contribution in [1.29, 1.82) is 0 Å². The quantitative estimate of drug-likeness (QED) is 0.295. The Kier molecular flexibility index (Phi) is 5.76. The highest BCUT2D eigenvalue weighted by molar-refractivity contribution is 5.90. The van der Waals surface area contributed by atoms with Crippen LogP contribution in [0.1, 0.15) is 12.5 Å². The van der Waals surface area contributed by atoms with Gasteiger partial charge in [-0.25, -0.2) is 8.78 Å². The smallest absolute Gasteiger partial charge is 0.271 e. The zero-order valence-electron chi connectivity index (χ0n) is 16.6. The zero-order chi connectivity index (χ0) is 22.0. The fourth-order valence-electron chi connectivity index (χ4n) is 3.53. The van der Waals surface area contributed by atoms with Gasteiger partial charge in [0.05, 0.1) is 12.2 Å². The molecule has 0 atom stereocenters. The summed E-state index contributed by atoms with van der Waals surface area (Å²) in [6, 6.07) is 21.5. The van der Waals surface area contributed by atoms with E-state index in [2.05, 4.69) is 0 Å². The van der Waals surface area contributed by atoms with Gasteiger partial charge >= 0.3 is 0 Å². The highest BCUT2D eigenvalue weighted by Crippen LogP contribution is 2.31. The van der Waals surface area contributed by atoms with Crippen molar-refractivity contribution in [1.82, 2.24) is 0 Å². The number of fused-ring (bicyclic) bond motifs is 1. The summed E-state index contributed by atoms with van der Waals surface area (Å²) in [6.45, 7) is 2.54. The molecule has 0 N–H and O–H groups in total. The maximum atomic E-state index is 14.5. The maximum Gasteiger partial charge on any atom is 0.271 e. The van der Waals surface area contributed by atoms with Crippen LogP contribution >= 0.6 is 0 Å². The molecule has 0 radical (unpaired) electrons. The molecule has 0 unspecified atom stereocenters. The van der Waals surface area contributed by atoms with E-state index in [1.807, 2.05) is 55.5 Å². The lowest BCUT2D eigenvalue weighted by molar-refractivity contribution is 0.340. The van der Waals surface area contributed by atoms with E-state index in [1.54, 1.807) is 12.1 Å². The maximum absolute atomic E-state index is 14.5. The van der Waals surface area contributed by atoms with Gasteiger partial charge in [-0.2, -0.15) is 8.78 Å². The monoisotopic (exact) mass is 422 g/mol. The molecule has 0 saturated heterocycles. The summed E-state index contributed by atoms with van der Waals surface area (Å²) in [5, 5.41) is 0.392. The first kappa shape index (κ1) is 20.7. The van der Waals surface area contributed by atoms with E-state index in [9.17, 15) is 17.6 Å². The van der Waals surface area contributed by atoms with E-state index in [0.717, 1.165) is 34.1 Å². The third-order valence-corrected chi connectivity index (χ3v) is 5.03. The summed E-state index contributed by atoms with van der Waals surface area (Å²) in [7, 11) is 0. The number of ether oxygens (including phenoxy) is 1. The Labute approximate surface area is 177 Å². The molecule has 0 amide bonds. The SMILES string of the molecule is CCOc1ccc(-c2ccc(-c3ccc4c(F)c(C=C(F)F)c(F)cc4c3)cc2)cc1. The average Bonchev–Trinajstić information content (AvgIpc) is 2.77. The van der Waals surface area contributed by atoms with Gasteiger partial charge in [0.2, 0.25) is 0 Å². The first-order valence-corrected chi connectivity index (χ1v) is 9.74.